The summed E-state index contributed by atoms with van der Waals surface area (Å²) in [5, 5.41) is 0. The Hall–Kier alpha value is -1.58. The third kappa shape index (κ3) is 3.11. The molecule has 4 nitrogen and oxygen atoms in total. The summed E-state index contributed by atoms with van der Waals surface area (Å²) in [6, 6.07) is 0. The number of esters is 1. The summed E-state index contributed by atoms with van der Waals surface area (Å²) in [5.41, 5.74) is 0.616. The number of aromatic nitrogens is 1. The molecule has 0 unspecified atom stereocenters. The first-order valence-electron chi connectivity index (χ1n) is 3.99. The van der Waals surface area contributed by atoms with Crippen molar-refractivity contribution in [3.8, 4) is 0 Å². The van der Waals surface area contributed by atoms with Crippen LogP contribution in [0.5, 0.6) is 0 Å². The molecule has 0 saturated heterocycles. The number of aryl methyl sites for hydroxylation is 1. The summed E-state index contributed by atoms with van der Waals surface area (Å²) in [5.74, 6) is 0.201. The van der Waals surface area contributed by atoms with Gasteiger partial charge in [0.05, 0.1) is 6.61 Å². The van der Waals surface area contributed by atoms with Gasteiger partial charge < -0.3 is 9.15 Å². The van der Waals surface area contributed by atoms with Crippen molar-refractivity contribution >= 4 is 12.0 Å². The number of hydrogen-bond acceptors (Lipinski definition) is 4. The van der Waals surface area contributed by atoms with Crippen molar-refractivity contribution in [3.05, 3.63) is 23.9 Å². The Morgan fingerprint density at radius 2 is 2.54 bits per heavy atom. The highest BCUT2D eigenvalue weighted by atomic mass is 16.5. The predicted molar refractivity (Wildman–Crippen MR) is 46.9 cm³/mol. The van der Waals surface area contributed by atoms with E-state index in [1.807, 2.05) is 0 Å². The maximum atomic E-state index is 10.9. The fourth-order valence-electron chi connectivity index (χ4n) is 0.801. The van der Waals surface area contributed by atoms with Gasteiger partial charge in [0.2, 0.25) is 0 Å². The van der Waals surface area contributed by atoms with E-state index in [0.29, 0.717) is 18.2 Å². The van der Waals surface area contributed by atoms with Crippen molar-refractivity contribution in [3.63, 3.8) is 0 Å². The van der Waals surface area contributed by atoms with Crippen LogP contribution in [0.25, 0.3) is 6.08 Å². The zero-order chi connectivity index (χ0) is 9.68. The summed E-state index contributed by atoms with van der Waals surface area (Å²) >= 11 is 0. The van der Waals surface area contributed by atoms with E-state index in [2.05, 4.69) is 9.72 Å². The van der Waals surface area contributed by atoms with E-state index in [9.17, 15) is 4.79 Å². The molecule has 4 heteroatoms. The summed E-state index contributed by atoms with van der Waals surface area (Å²) in [7, 11) is 0. The Morgan fingerprint density at radius 1 is 1.77 bits per heavy atom. The first-order chi connectivity index (χ1) is 6.22. The smallest absolute Gasteiger partial charge is 0.330 e. The van der Waals surface area contributed by atoms with Crippen molar-refractivity contribution in [2.24, 2.45) is 0 Å². The molecule has 0 spiro atoms. The molecule has 0 amide bonds. The predicted octanol–water partition coefficient (Wildman–Crippen LogP) is 1.56. The monoisotopic (exact) mass is 181 g/mol. The Balaban J connectivity index is 2.53. The third-order valence-corrected chi connectivity index (χ3v) is 1.31. The molecule has 0 aromatic carbocycles. The van der Waals surface area contributed by atoms with Gasteiger partial charge in [-0.3, -0.25) is 0 Å². The minimum atomic E-state index is -0.372. The highest BCUT2D eigenvalue weighted by Gasteiger charge is 1.97. The maximum absolute atomic E-state index is 10.9. The van der Waals surface area contributed by atoms with Crippen LogP contribution in [0, 0.1) is 6.92 Å². The van der Waals surface area contributed by atoms with Gasteiger partial charge in [0, 0.05) is 13.0 Å². The Labute approximate surface area is 76.2 Å². The summed E-state index contributed by atoms with van der Waals surface area (Å²) in [4.78, 5) is 14.8. The number of carbonyl (C=O) groups excluding carboxylic acids is 1. The molecule has 0 saturated carbocycles. The highest BCUT2D eigenvalue weighted by Crippen LogP contribution is 2.02. The van der Waals surface area contributed by atoms with Gasteiger partial charge >= 0.3 is 5.97 Å². The lowest BCUT2D eigenvalue weighted by Crippen LogP contribution is -1.98. The van der Waals surface area contributed by atoms with Crippen LogP contribution in [0.2, 0.25) is 0 Å². The minimum Gasteiger partial charge on any atom is -0.463 e. The van der Waals surface area contributed by atoms with Crippen LogP contribution in [0.1, 0.15) is 18.5 Å². The van der Waals surface area contributed by atoms with Crippen LogP contribution < -0.4 is 0 Å². The van der Waals surface area contributed by atoms with Gasteiger partial charge in [0.1, 0.15) is 12.0 Å². The maximum Gasteiger partial charge on any atom is 0.330 e. The Kier molecular flexibility index (Phi) is 3.25. The first-order valence-corrected chi connectivity index (χ1v) is 3.99. The summed E-state index contributed by atoms with van der Waals surface area (Å²) in [6.07, 6.45) is 4.35. The van der Waals surface area contributed by atoms with Crippen molar-refractivity contribution in [1.82, 2.24) is 4.98 Å². The molecule has 0 atom stereocenters. The molecule has 0 fully saturated rings. The molecule has 13 heavy (non-hydrogen) atoms. The van der Waals surface area contributed by atoms with Gasteiger partial charge in [-0.15, -0.1) is 0 Å². The van der Waals surface area contributed by atoms with E-state index in [-0.39, 0.29) is 5.97 Å². The third-order valence-electron chi connectivity index (χ3n) is 1.31. The molecular weight excluding hydrogens is 170 g/mol. The summed E-state index contributed by atoms with van der Waals surface area (Å²) in [6.45, 7) is 3.87. The van der Waals surface area contributed by atoms with Crippen LogP contribution in [-0.2, 0) is 9.53 Å². The second kappa shape index (κ2) is 4.45. The molecule has 0 N–H and O–H groups in total. The SMILES string of the molecule is CCOC(=O)/C=C\c1coc(C)n1. The average Bonchev–Trinajstić information content (AvgIpc) is 2.49. The second-order valence-corrected chi connectivity index (χ2v) is 2.38. The standard InChI is InChI=1S/C9H11NO3/c1-3-12-9(11)5-4-8-6-13-7(2)10-8/h4-6H,3H2,1-2H3/b5-4-. The molecule has 0 aliphatic heterocycles. The Morgan fingerprint density at radius 3 is 3.08 bits per heavy atom. The summed E-state index contributed by atoms with van der Waals surface area (Å²) < 4.78 is 9.63. The van der Waals surface area contributed by atoms with Gasteiger partial charge in [0.15, 0.2) is 5.89 Å². The van der Waals surface area contributed by atoms with Crippen LogP contribution in [0.15, 0.2) is 16.8 Å². The molecule has 0 aliphatic rings. The lowest BCUT2D eigenvalue weighted by atomic mass is 10.4. The first kappa shape index (κ1) is 9.51. The number of carbonyl (C=O) groups is 1. The van der Waals surface area contributed by atoms with Gasteiger partial charge in [-0.1, -0.05) is 0 Å². The minimum absolute atomic E-state index is 0.372. The van der Waals surface area contributed by atoms with Gasteiger partial charge in [0.25, 0.3) is 0 Å². The van der Waals surface area contributed by atoms with Crippen LogP contribution >= 0.6 is 0 Å². The number of oxazole rings is 1. The second-order valence-electron chi connectivity index (χ2n) is 2.38. The van der Waals surface area contributed by atoms with Crippen molar-refractivity contribution in [2.45, 2.75) is 13.8 Å². The van der Waals surface area contributed by atoms with Crippen molar-refractivity contribution < 1.29 is 13.9 Å². The van der Waals surface area contributed by atoms with Crippen LogP contribution in [0.4, 0.5) is 0 Å². The molecule has 70 valence electrons. The number of rotatable bonds is 3. The number of hydrogen-bond donors (Lipinski definition) is 0. The van der Waals surface area contributed by atoms with Crippen LogP contribution in [-0.4, -0.2) is 17.6 Å². The van der Waals surface area contributed by atoms with E-state index in [0.717, 1.165) is 0 Å². The normalized spacial score (nSPS) is 10.6. The van der Waals surface area contributed by atoms with Crippen molar-refractivity contribution in [2.75, 3.05) is 6.61 Å². The molecule has 1 aromatic rings. The van der Waals surface area contributed by atoms with Gasteiger partial charge in [-0.2, -0.15) is 0 Å². The zero-order valence-corrected chi connectivity index (χ0v) is 7.61. The Bertz CT molecular complexity index is 314. The number of nitrogens with zero attached hydrogens (tertiary/aromatic N) is 1. The molecule has 0 radical (unpaired) electrons. The van der Waals surface area contributed by atoms with Gasteiger partial charge in [-0.25, -0.2) is 9.78 Å². The largest absolute Gasteiger partial charge is 0.463 e. The van der Waals surface area contributed by atoms with Gasteiger partial charge in [-0.05, 0) is 13.0 Å². The van der Waals surface area contributed by atoms with E-state index < -0.39 is 0 Å². The molecular formula is C9H11NO3. The average molecular weight is 181 g/mol. The van der Waals surface area contributed by atoms with Crippen LogP contribution in [0.3, 0.4) is 0 Å². The molecule has 0 aliphatic carbocycles. The molecule has 0 bridgehead atoms. The quantitative estimate of drug-likeness (QED) is 0.524. The van der Waals surface area contributed by atoms with E-state index >= 15 is 0 Å². The van der Waals surface area contributed by atoms with Crippen molar-refractivity contribution in [1.29, 1.82) is 0 Å². The fourth-order valence-corrected chi connectivity index (χ4v) is 0.801. The lowest BCUT2D eigenvalue weighted by molar-refractivity contribution is -0.137. The number of ether oxygens (including phenoxy) is 1. The topological polar surface area (TPSA) is 52.3 Å². The molecule has 1 heterocycles. The lowest BCUT2D eigenvalue weighted by Gasteiger charge is -1.92. The van der Waals surface area contributed by atoms with E-state index in [1.54, 1.807) is 19.9 Å². The van der Waals surface area contributed by atoms with E-state index in [4.69, 9.17) is 4.42 Å². The van der Waals surface area contributed by atoms with E-state index in [1.165, 1.54) is 12.3 Å². The molecule has 1 aromatic heterocycles. The highest BCUT2D eigenvalue weighted by molar-refractivity contribution is 5.86. The fraction of sp³-hybridized carbons (Fsp3) is 0.333. The molecule has 1 rings (SSSR count). The zero-order valence-electron chi connectivity index (χ0n) is 7.61.